The third-order valence-corrected chi connectivity index (χ3v) is 4.99. The molecule has 7 nitrogen and oxygen atoms in total. The Hall–Kier alpha value is -2.55. The van der Waals surface area contributed by atoms with Crippen molar-refractivity contribution in [3.05, 3.63) is 35.4 Å². The fourth-order valence-electron chi connectivity index (χ4n) is 3.66. The molecule has 2 amide bonds. The molecule has 29 heavy (non-hydrogen) atoms. The number of guanidine groups is 1. The number of hydrogen-bond acceptors (Lipinski definition) is 5. The van der Waals surface area contributed by atoms with Gasteiger partial charge in [-0.25, -0.2) is 18.6 Å². The van der Waals surface area contributed by atoms with Gasteiger partial charge in [-0.2, -0.15) is 0 Å². The number of benzene rings is 1. The van der Waals surface area contributed by atoms with Crippen LogP contribution in [0.25, 0.3) is 0 Å². The Bertz CT molecular complexity index is 868. The Kier molecular flexibility index (Phi) is 5.38. The van der Waals surface area contributed by atoms with E-state index in [2.05, 4.69) is 10.3 Å². The molecule has 0 spiro atoms. The van der Waals surface area contributed by atoms with Crippen molar-refractivity contribution in [2.45, 2.75) is 51.4 Å². The maximum absolute atomic E-state index is 14.7. The van der Waals surface area contributed by atoms with Crippen LogP contribution < -0.4 is 5.32 Å². The minimum absolute atomic E-state index is 0.0424. The van der Waals surface area contributed by atoms with Crippen molar-refractivity contribution in [2.75, 3.05) is 13.7 Å². The average Bonchev–Trinajstić information content (AvgIpc) is 2.59. The summed E-state index contributed by atoms with van der Waals surface area (Å²) in [6.45, 7) is 6.83. The van der Waals surface area contributed by atoms with Gasteiger partial charge < -0.3 is 9.47 Å². The van der Waals surface area contributed by atoms with Crippen molar-refractivity contribution >= 4 is 18.0 Å². The van der Waals surface area contributed by atoms with E-state index in [9.17, 15) is 18.4 Å². The zero-order valence-corrected chi connectivity index (χ0v) is 17.1. The van der Waals surface area contributed by atoms with E-state index in [4.69, 9.17) is 9.47 Å². The minimum Gasteiger partial charge on any atom is -0.444 e. The summed E-state index contributed by atoms with van der Waals surface area (Å²) in [5, 5.41) is 2.47. The number of ether oxygens (including phenoxy) is 2. The third-order valence-electron chi connectivity index (χ3n) is 4.99. The predicted octanol–water partition coefficient (Wildman–Crippen LogP) is 2.94. The van der Waals surface area contributed by atoms with E-state index in [1.165, 1.54) is 18.0 Å². The van der Waals surface area contributed by atoms with E-state index in [0.29, 0.717) is 6.42 Å². The van der Waals surface area contributed by atoms with Crippen molar-refractivity contribution in [2.24, 2.45) is 10.9 Å². The Morgan fingerprint density at radius 2 is 2.07 bits per heavy atom. The largest absolute Gasteiger partial charge is 0.444 e. The van der Waals surface area contributed by atoms with Gasteiger partial charge in [-0.05, 0) is 40.2 Å². The van der Waals surface area contributed by atoms with E-state index in [0.717, 1.165) is 12.1 Å². The van der Waals surface area contributed by atoms with Crippen LogP contribution in [0.4, 0.5) is 13.6 Å². The zero-order valence-electron chi connectivity index (χ0n) is 17.1. The van der Waals surface area contributed by atoms with Crippen LogP contribution in [0.5, 0.6) is 0 Å². The first-order valence-corrected chi connectivity index (χ1v) is 9.37. The molecule has 2 heterocycles. The molecule has 0 bridgehead atoms. The summed E-state index contributed by atoms with van der Waals surface area (Å²) in [6.07, 6.45) is -0.720. The second-order valence-electron chi connectivity index (χ2n) is 8.42. The second kappa shape index (κ2) is 7.37. The second-order valence-corrected chi connectivity index (χ2v) is 8.42. The van der Waals surface area contributed by atoms with Gasteiger partial charge in [0.1, 0.15) is 22.8 Å². The number of nitrogens with zero attached hydrogens (tertiary/aromatic N) is 2. The lowest BCUT2D eigenvalue weighted by Gasteiger charge is -2.47. The van der Waals surface area contributed by atoms with Gasteiger partial charge in [-0.15, -0.1) is 0 Å². The van der Waals surface area contributed by atoms with Crippen molar-refractivity contribution in [3.8, 4) is 0 Å². The number of aliphatic imine (C=N–C) groups is 1. The van der Waals surface area contributed by atoms with Crippen molar-refractivity contribution in [1.82, 2.24) is 10.2 Å². The van der Waals surface area contributed by atoms with Crippen LogP contribution in [0.2, 0.25) is 0 Å². The fourth-order valence-corrected chi connectivity index (χ4v) is 3.66. The number of carbonyl (C=O) groups excluding carboxylic acids is 2. The van der Waals surface area contributed by atoms with Crippen molar-refractivity contribution in [1.29, 1.82) is 0 Å². The Labute approximate surface area is 168 Å². The van der Waals surface area contributed by atoms with Gasteiger partial charge in [-0.1, -0.05) is 6.07 Å². The molecule has 3 rings (SSSR count). The molecular weight excluding hydrogens is 384 g/mol. The Morgan fingerprint density at radius 1 is 1.38 bits per heavy atom. The molecule has 0 aliphatic carbocycles. The fraction of sp³-hybridized carbons (Fsp3) is 0.550. The SMILES string of the molecule is C[C@H]1C[C@H]2C(=O)N(C)C(NC(=O)OC(C)(C)C)=N[C@@]2(c2ccc(F)cc2F)CO1. The number of rotatable bonds is 1. The molecule has 1 aromatic carbocycles. The standard InChI is InChI=1S/C20H25F2N3O4/c1-11-8-14-16(26)25(5)17(23-18(27)29-19(2,3)4)24-20(14,10-28-11)13-7-6-12(21)9-15(13)22/h6-7,9,11,14H,8,10H2,1-5H3,(H,23,24,27)/t11-,14-,20+/m0/s1. The number of carbonyl (C=O) groups is 2. The van der Waals surface area contributed by atoms with E-state index < -0.39 is 34.8 Å². The van der Waals surface area contributed by atoms with Crippen molar-refractivity contribution in [3.63, 3.8) is 0 Å². The molecule has 0 saturated carbocycles. The molecule has 0 radical (unpaired) electrons. The molecular formula is C20H25F2N3O4. The van der Waals surface area contributed by atoms with Gasteiger partial charge in [0, 0.05) is 18.7 Å². The summed E-state index contributed by atoms with van der Waals surface area (Å²) in [4.78, 5) is 31.1. The summed E-state index contributed by atoms with van der Waals surface area (Å²) < 4.78 is 39.2. The third kappa shape index (κ3) is 4.10. The van der Waals surface area contributed by atoms with E-state index >= 15 is 0 Å². The molecule has 9 heteroatoms. The number of hydrogen-bond donors (Lipinski definition) is 1. The zero-order chi connectivity index (χ0) is 21.6. The van der Waals surface area contributed by atoms with Gasteiger partial charge in [0.25, 0.3) is 0 Å². The van der Waals surface area contributed by atoms with E-state index in [-0.39, 0.29) is 30.1 Å². The van der Waals surface area contributed by atoms with Crippen LogP contribution in [0.1, 0.15) is 39.7 Å². The summed E-state index contributed by atoms with van der Waals surface area (Å²) in [7, 11) is 1.48. The highest BCUT2D eigenvalue weighted by atomic mass is 19.1. The molecule has 158 valence electrons. The molecule has 1 fully saturated rings. The lowest BCUT2D eigenvalue weighted by molar-refractivity contribution is -0.144. The Balaban J connectivity index is 2.08. The highest BCUT2D eigenvalue weighted by molar-refractivity contribution is 6.05. The summed E-state index contributed by atoms with van der Waals surface area (Å²) >= 11 is 0. The maximum atomic E-state index is 14.7. The van der Waals surface area contributed by atoms with Crippen LogP contribution in [0, 0.1) is 17.6 Å². The number of amides is 2. The quantitative estimate of drug-likeness (QED) is 0.774. The molecule has 1 N–H and O–H groups in total. The maximum Gasteiger partial charge on any atom is 0.414 e. The van der Waals surface area contributed by atoms with Crippen LogP contribution in [0.3, 0.4) is 0 Å². The topological polar surface area (TPSA) is 80.2 Å². The first-order valence-electron chi connectivity index (χ1n) is 9.37. The van der Waals surface area contributed by atoms with Gasteiger partial charge in [-0.3, -0.25) is 15.0 Å². The average molecular weight is 409 g/mol. The number of halogens is 2. The first-order chi connectivity index (χ1) is 13.4. The smallest absolute Gasteiger partial charge is 0.414 e. The summed E-state index contributed by atoms with van der Waals surface area (Å²) in [5.41, 5.74) is -2.13. The van der Waals surface area contributed by atoms with Crippen LogP contribution in [0.15, 0.2) is 23.2 Å². The van der Waals surface area contributed by atoms with Gasteiger partial charge in [0.2, 0.25) is 11.9 Å². The molecule has 3 atom stereocenters. The Morgan fingerprint density at radius 3 is 2.69 bits per heavy atom. The predicted molar refractivity (Wildman–Crippen MR) is 101 cm³/mol. The van der Waals surface area contributed by atoms with Crippen LogP contribution in [-0.2, 0) is 19.8 Å². The molecule has 2 aliphatic rings. The minimum atomic E-state index is -1.42. The normalized spacial score (nSPS) is 27.2. The van der Waals surface area contributed by atoms with Gasteiger partial charge in [0.15, 0.2) is 0 Å². The van der Waals surface area contributed by atoms with Gasteiger partial charge >= 0.3 is 6.09 Å². The summed E-state index contributed by atoms with van der Waals surface area (Å²) in [5.74, 6) is -2.71. The number of nitrogens with one attached hydrogen (secondary N) is 1. The highest BCUT2D eigenvalue weighted by Gasteiger charge is 2.54. The number of alkyl carbamates (subject to hydrolysis) is 1. The summed E-state index contributed by atoms with van der Waals surface area (Å²) in [6, 6.07) is 3.13. The molecule has 1 saturated heterocycles. The molecule has 1 aromatic rings. The van der Waals surface area contributed by atoms with E-state index in [1.807, 2.05) is 6.92 Å². The molecule has 0 aromatic heterocycles. The highest BCUT2D eigenvalue weighted by Crippen LogP contribution is 2.45. The van der Waals surface area contributed by atoms with Crippen LogP contribution in [-0.4, -0.2) is 48.2 Å². The van der Waals surface area contributed by atoms with Gasteiger partial charge in [0.05, 0.1) is 18.6 Å². The number of fused-ring (bicyclic) bond motifs is 1. The van der Waals surface area contributed by atoms with Crippen molar-refractivity contribution < 1.29 is 27.8 Å². The molecule has 0 unspecified atom stereocenters. The lowest BCUT2D eigenvalue weighted by atomic mass is 9.72. The van der Waals surface area contributed by atoms with E-state index in [1.54, 1.807) is 20.8 Å². The lowest BCUT2D eigenvalue weighted by Crippen LogP contribution is -2.61. The monoisotopic (exact) mass is 409 g/mol. The first kappa shape index (κ1) is 21.2. The molecule has 2 aliphatic heterocycles. The van der Waals surface area contributed by atoms with Crippen LogP contribution >= 0.6 is 0 Å².